The van der Waals surface area contributed by atoms with Gasteiger partial charge in [0.15, 0.2) is 5.82 Å². The van der Waals surface area contributed by atoms with Crippen molar-refractivity contribution in [3.05, 3.63) is 72.0 Å². The maximum absolute atomic E-state index is 13.8. The van der Waals surface area contributed by atoms with Gasteiger partial charge in [-0.1, -0.05) is 6.07 Å². The second-order valence-corrected chi connectivity index (χ2v) is 13.2. The molecule has 4 aromatic rings. The van der Waals surface area contributed by atoms with Crippen LogP contribution in [0.25, 0.3) is 10.9 Å². The van der Waals surface area contributed by atoms with Crippen LogP contribution in [0.1, 0.15) is 29.6 Å². The van der Waals surface area contributed by atoms with E-state index in [1.54, 1.807) is 6.07 Å². The third kappa shape index (κ3) is 6.08. The molecule has 3 heterocycles. The van der Waals surface area contributed by atoms with Gasteiger partial charge in [-0.25, -0.2) is 12.8 Å². The van der Waals surface area contributed by atoms with Crippen molar-refractivity contribution in [2.45, 2.75) is 41.1 Å². The second kappa shape index (κ2) is 11.9. The van der Waals surface area contributed by atoms with E-state index < -0.39 is 15.7 Å². The van der Waals surface area contributed by atoms with Gasteiger partial charge in [0.2, 0.25) is 9.84 Å². The molecule has 0 bridgehead atoms. The standard InChI is InChI=1S/C31H35FN6O4S/c1-37-13-10-23(19-37)38(2)22-6-8-26(29(17-22)33-21-11-14-42-15-12-21)31(39)34-30-27-18-25(7-9-28(27)35-36-30)43(40,41)24-5-3-4-20(32)16-24/h3-9,16-18,21,23,33H,10-15,19H2,1-2H3,(H2,34,35,36,39). The highest BCUT2D eigenvalue weighted by Crippen LogP contribution is 2.31. The van der Waals surface area contributed by atoms with Crippen LogP contribution in [0.4, 0.5) is 21.6 Å². The summed E-state index contributed by atoms with van der Waals surface area (Å²) in [6, 6.07) is 15.7. The smallest absolute Gasteiger partial charge is 0.258 e. The Labute approximate surface area is 250 Å². The number of sulfone groups is 1. The molecule has 2 aliphatic heterocycles. The molecule has 1 unspecified atom stereocenters. The van der Waals surface area contributed by atoms with Gasteiger partial charge in [-0.2, -0.15) is 5.10 Å². The minimum absolute atomic E-state index is 0.0330. The maximum atomic E-state index is 13.8. The molecule has 2 saturated heterocycles. The van der Waals surface area contributed by atoms with Gasteiger partial charge in [0.05, 0.1) is 20.9 Å². The first kappa shape index (κ1) is 29.1. The summed E-state index contributed by atoms with van der Waals surface area (Å²) in [7, 11) is 0.212. The van der Waals surface area contributed by atoms with Crippen LogP contribution in [-0.4, -0.2) is 81.9 Å². The van der Waals surface area contributed by atoms with Gasteiger partial charge in [0.1, 0.15) is 5.82 Å². The Morgan fingerprint density at radius 3 is 2.60 bits per heavy atom. The van der Waals surface area contributed by atoms with Crippen LogP contribution in [0.15, 0.2) is 70.5 Å². The highest BCUT2D eigenvalue weighted by atomic mass is 32.2. The highest BCUT2D eigenvalue weighted by molar-refractivity contribution is 7.91. The lowest BCUT2D eigenvalue weighted by Crippen LogP contribution is -2.34. The van der Waals surface area contributed by atoms with Crippen LogP contribution in [0, 0.1) is 5.82 Å². The van der Waals surface area contributed by atoms with E-state index >= 15 is 0 Å². The Morgan fingerprint density at radius 2 is 1.86 bits per heavy atom. The molecule has 0 spiro atoms. The zero-order chi connectivity index (χ0) is 30.1. The van der Waals surface area contributed by atoms with Gasteiger partial charge >= 0.3 is 0 Å². The number of aromatic nitrogens is 2. The number of fused-ring (bicyclic) bond motifs is 1. The summed E-state index contributed by atoms with van der Waals surface area (Å²) in [6.07, 6.45) is 2.74. The van der Waals surface area contributed by atoms with Crippen molar-refractivity contribution >= 4 is 43.8 Å². The predicted octanol–water partition coefficient (Wildman–Crippen LogP) is 4.52. The summed E-state index contributed by atoms with van der Waals surface area (Å²) in [4.78, 5) is 18.1. The number of likely N-dealkylation sites (N-methyl/N-ethyl adjacent to an activating group) is 2. The van der Waals surface area contributed by atoms with E-state index in [0.29, 0.717) is 41.4 Å². The maximum Gasteiger partial charge on any atom is 0.258 e. The number of carbonyl (C=O) groups excluding carboxylic acids is 1. The molecule has 10 nitrogen and oxygen atoms in total. The summed E-state index contributed by atoms with van der Waals surface area (Å²) >= 11 is 0. The number of carbonyl (C=O) groups is 1. The number of rotatable bonds is 8. The first-order chi connectivity index (χ1) is 20.7. The van der Waals surface area contributed by atoms with Crippen LogP contribution in [0.3, 0.4) is 0 Å². The van der Waals surface area contributed by atoms with Crippen molar-refractivity contribution in [3.63, 3.8) is 0 Å². The molecule has 3 aromatic carbocycles. The first-order valence-electron chi connectivity index (χ1n) is 14.4. The fraction of sp³-hybridized carbons (Fsp3) is 0.355. The molecule has 12 heteroatoms. The Kier molecular flexibility index (Phi) is 8.08. The SMILES string of the molecule is CN1CCC(N(C)c2ccc(C(=O)Nc3n[nH]c4ccc(S(=O)(=O)c5cccc(F)c5)cc34)c(NC3CCOCC3)c2)C1. The van der Waals surface area contributed by atoms with Gasteiger partial charge in [0.25, 0.3) is 5.91 Å². The number of hydrogen-bond donors (Lipinski definition) is 3. The number of nitrogens with zero attached hydrogens (tertiary/aromatic N) is 3. The summed E-state index contributed by atoms with van der Waals surface area (Å²) < 4.78 is 45.8. The number of benzene rings is 3. The molecule has 1 amide bonds. The number of aromatic amines is 1. The highest BCUT2D eigenvalue weighted by Gasteiger charge is 2.26. The third-order valence-corrected chi connectivity index (χ3v) is 10.1. The van der Waals surface area contributed by atoms with Crippen molar-refractivity contribution in [1.82, 2.24) is 15.1 Å². The molecule has 0 saturated carbocycles. The van der Waals surface area contributed by atoms with E-state index in [1.165, 1.54) is 30.3 Å². The average molecular weight is 607 g/mol. The molecule has 2 aliphatic rings. The molecule has 1 aromatic heterocycles. The number of nitrogens with one attached hydrogen (secondary N) is 3. The monoisotopic (exact) mass is 606 g/mol. The minimum Gasteiger partial charge on any atom is -0.381 e. The van der Waals surface area contributed by atoms with Crippen LogP contribution in [0.2, 0.25) is 0 Å². The summed E-state index contributed by atoms with van der Waals surface area (Å²) in [6.45, 7) is 3.34. The van der Waals surface area contributed by atoms with Crippen molar-refractivity contribution in [1.29, 1.82) is 0 Å². The number of likely N-dealkylation sites (tertiary alicyclic amines) is 1. The number of ether oxygens (including phenoxy) is 1. The largest absolute Gasteiger partial charge is 0.381 e. The Morgan fingerprint density at radius 1 is 1.07 bits per heavy atom. The van der Waals surface area contributed by atoms with Crippen molar-refractivity contribution in [3.8, 4) is 0 Å². The van der Waals surface area contributed by atoms with E-state index in [0.717, 1.165) is 44.1 Å². The van der Waals surface area contributed by atoms with Crippen molar-refractivity contribution in [2.75, 3.05) is 55.9 Å². The normalized spacial score (nSPS) is 18.2. The summed E-state index contributed by atoms with van der Waals surface area (Å²) in [5, 5.41) is 14.0. The van der Waals surface area contributed by atoms with Crippen LogP contribution in [0.5, 0.6) is 0 Å². The lowest BCUT2D eigenvalue weighted by Gasteiger charge is -2.29. The predicted molar refractivity (Wildman–Crippen MR) is 164 cm³/mol. The molecular formula is C31H35FN6O4S. The Hall–Kier alpha value is -4.00. The van der Waals surface area contributed by atoms with Gasteiger partial charge in [-0.15, -0.1) is 0 Å². The van der Waals surface area contributed by atoms with E-state index in [2.05, 4.69) is 44.7 Å². The Bertz CT molecular complexity index is 1750. The van der Waals surface area contributed by atoms with E-state index in [4.69, 9.17) is 4.74 Å². The van der Waals surface area contributed by atoms with Gasteiger partial charge in [0, 0.05) is 55.7 Å². The topological polar surface area (TPSA) is 120 Å². The lowest BCUT2D eigenvalue weighted by atomic mass is 10.1. The molecule has 6 rings (SSSR count). The molecule has 0 radical (unpaired) electrons. The zero-order valence-electron chi connectivity index (χ0n) is 24.1. The molecule has 43 heavy (non-hydrogen) atoms. The Balaban J connectivity index is 1.30. The molecule has 226 valence electrons. The van der Waals surface area contributed by atoms with Crippen molar-refractivity contribution in [2.24, 2.45) is 0 Å². The van der Waals surface area contributed by atoms with E-state index in [9.17, 15) is 17.6 Å². The summed E-state index contributed by atoms with van der Waals surface area (Å²) in [5.41, 5.74) is 2.73. The third-order valence-electron chi connectivity index (χ3n) is 8.33. The fourth-order valence-electron chi connectivity index (χ4n) is 5.77. The molecule has 0 aliphatic carbocycles. The second-order valence-electron chi connectivity index (χ2n) is 11.3. The number of H-pyrrole nitrogens is 1. The molecule has 1 atom stereocenters. The number of amides is 1. The average Bonchev–Trinajstić information content (AvgIpc) is 3.63. The fourth-order valence-corrected chi connectivity index (χ4v) is 7.09. The number of halogens is 1. The molecule has 3 N–H and O–H groups in total. The minimum atomic E-state index is -4.00. The first-order valence-corrected chi connectivity index (χ1v) is 15.9. The van der Waals surface area contributed by atoms with E-state index in [-0.39, 0.29) is 27.6 Å². The molecular weight excluding hydrogens is 571 g/mol. The zero-order valence-corrected chi connectivity index (χ0v) is 25.0. The van der Waals surface area contributed by atoms with Gasteiger partial charge < -0.3 is 25.2 Å². The van der Waals surface area contributed by atoms with Crippen LogP contribution in [-0.2, 0) is 14.6 Å². The van der Waals surface area contributed by atoms with Gasteiger partial charge in [-0.05, 0) is 87.5 Å². The van der Waals surface area contributed by atoms with Crippen LogP contribution >= 0.6 is 0 Å². The summed E-state index contributed by atoms with van der Waals surface area (Å²) in [5.74, 6) is -0.823. The quantitative estimate of drug-likeness (QED) is 0.268. The molecule has 2 fully saturated rings. The van der Waals surface area contributed by atoms with Crippen molar-refractivity contribution < 1.29 is 22.3 Å². The van der Waals surface area contributed by atoms with E-state index in [1.807, 2.05) is 18.2 Å². The lowest BCUT2D eigenvalue weighted by molar-refractivity contribution is 0.0904. The van der Waals surface area contributed by atoms with Gasteiger partial charge in [-0.3, -0.25) is 9.89 Å². The number of hydrogen-bond acceptors (Lipinski definition) is 8. The van der Waals surface area contributed by atoms with Crippen LogP contribution < -0.4 is 15.5 Å². The number of anilines is 3.